The molecule has 1 saturated heterocycles. The van der Waals surface area contributed by atoms with Gasteiger partial charge in [0.25, 0.3) is 0 Å². The van der Waals surface area contributed by atoms with Crippen LogP contribution in [0, 0.1) is 6.92 Å². The van der Waals surface area contributed by atoms with E-state index in [-0.39, 0.29) is 19.4 Å². The number of alkyl carbamates (subject to hydrolysis) is 1. The third-order valence-corrected chi connectivity index (χ3v) is 2.92. The molecule has 0 aromatic heterocycles. The second-order valence-corrected chi connectivity index (χ2v) is 4.59. The number of esters is 2. The lowest BCUT2D eigenvalue weighted by Gasteiger charge is -2.20. The van der Waals surface area contributed by atoms with E-state index in [2.05, 4.69) is 10.1 Å². The fourth-order valence-electron chi connectivity index (χ4n) is 1.76. The molecule has 2 rings (SSSR count). The Hall–Kier alpha value is -2.37. The van der Waals surface area contributed by atoms with Crippen LogP contribution in [0.2, 0.25) is 0 Å². The van der Waals surface area contributed by atoms with Crippen molar-refractivity contribution in [3.63, 3.8) is 0 Å². The second-order valence-electron chi connectivity index (χ2n) is 4.59. The SMILES string of the molecule is Cc1ccc(COC(=O)N[C@H]2CCC(=O)OC2=O)cc1. The summed E-state index contributed by atoms with van der Waals surface area (Å²) in [6.07, 6.45) is -0.367. The van der Waals surface area contributed by atoms with Crippen molar-refractivity contribution in [2.75, 3.05) is 0 Å². The molecule has 6 nitrogen and oxygen atoms in total. The molecule has 6 heteroatoms. The normalized spacial score (nSPS) is 18.4. The summed E-state index contributed by atoms with van der Waals surface area (Å²) in [7, 11) is 0. The number of hydrogen-bond donors (Lipinski definition) is 1. The van der Waals surface area contributed by atoms with Crippen molar-refractivity contribution < 1.29 is 23.9 Å². The molecule has 1 aliphatic rings. The maximum atomic E-state index is 11.6. The van der Waals surface area contributed by atoms with Crippen LogP contribution in [0.4, 0.5) is 4.79 Å². The molecule has 0 bridgehead atoms. The van der Waals surface area contributed by atoms with E-state index in [1.165, 1.54) is 0 Å². The van der Waals surface area contributed by atoms with Gasteiger partial charge in [0, 0.05) is 6.42 Å². The molecular weight excluding hydrogens is 262 g/mol. The van der Waals surface area contributed by atoms with Crippen LogP contribution in [-0.2, 0) is 25.7 Å². The average molecular weight is 277 g/mol. The summed E-state index contributed by atoms with van der Waals surface area (Å²) >= 11 is 0. The van der Waals surface area contributed by atoms with Crippen LogP contribution in [0.1, 0.15) is 24.0 Å². The van der Waals surface area contributed by atoms with Crippen molar-refractivity contribution >= 4 is 18.0 Å². The van der Waals surface area contributed by atoms with Gasteiger partial charge in [-0.15, -0.1) is 0 Å². The van der Waals surface area contributed by atoms with Crippen molar-refractivity contribution in [3.05, 3.63) is 35.4 Å². The van der Waals surface area contributed by atoms with Gasteiger partial charge in [-0.1, -0.05) is 29.8 Å². The minimum atomic E-state index is -0.821. The number of rotatable bonds is 3. The van der Waals surface area contributed by atoms with Gasteiger partial charge in [-0.2, -0.15) is 0 Å². The van der Waals surface area contributed by atoms with Gasteiger partial charge in [0.1, 0.15) is 12.6 Å². The molecule has 1 aliphatic heterocycles. The lowest BCUT2D eigenvalue weighted by Crippen LogP contribution is -2.45. The van der Waals surface area contributed by atoms with Crippen LogP contribution < -0.4 is 5.32 Å². The van der Waals surface area contributed by atoms with E-state index in [1.807, 2.05) is 31.2 Å². The summed E-state index contributed by atoms with van der Waals surface area (Å²) in [6.45, 7) is 2.08. The summed E-state index contributed by atoms with van der Waals surface area (Å²) in [5.41, 5.74) is 1.97. The average Bonchev–Trinajstić information content (AvgIpc) is 2.41. The third-order valence-electron chi connectivity index (χ3n) is 2.92. The first-order valence-corrected chi connectivity index (χ1v) is 6.28. The highest BCUT2D eigenvalue weighted by atomic mass is 16.6. The predicted octanol–water partition coefficient (Wildman–Crippen LogP) is 1.45. The fourth-order valence-corrected chi connectivity index (χ4v) is 1.76. The van der Waals surface area contributed by atoms with Crippen molar-refractivity contribution in [2.45, 2.75) is 32.4 Å². The Morgan fingerprint density at radius 1 is 1.35 bits per heavy atom. The molecule has 0 spiro atoms. The zero-order valence-electron chi connectivity index (χ0n) is 11.0. The molecule has 1 fully saturated rings. The summed E-state index contributed by atoms with van der Waals surface area (Å²) in [4.78, 5) is 33.7. The minimum absolute atomic E-state index is 0.106. The molecule has 0 unspecified atom stereocenters. The third kappa shape index (κ3) is 3.81. The van der Waals surface area contributed by atoms with Gasteiger partial charge in [0.15, 0.2) is 0 Å². The Morgan fingerprint density at radius 2 is 2.05 bits per heavy atom. The minimum Gasteiger partial charge on any atom is -0.445 e. The van der Waals surface area contributed by atoms with E-state index in [1.54, 1.807) is 0 Å². The lowest BCUT2D eigenvalue weighted by molar-refractivity contribution is -0.165. The van der Waals surface area contributed by atoms with E-state index < -0.39 is 24.1 Å². The highest BCUT2D eigenvalue weighted by Crippen LogP contribution is 2.10. The Morgan fingerprint density at radius 3 is 2.70 bits per heavy atom. The van der Waals surface area contributed by atoms with Crippen LogP contribution in [0.25, 0.3) is 0 Å². The fraction of sp³-hybridized carbons (Fsp3) is 0.357. The highest BCUT2D eigenvalue weighted by molar-refractivity contribution is 5.92. The van der Waals surface area contributed by atoms with Crippen LogP contribution in [0.5, 0.6) is 0 Å². The highest BCUT2D eigenvalue weighted by Gasteiger charge is 2.30. The molecule has 20 heavy (non-hydrogen) atoms. The second kappa shape index (κ2) is 6.18. The van der Waals surface area contributed by atoms with Gasteiger partial charge in [-0.05, 0) is 18.9 Å². The smallest absolute Gasteiger partial charge is 0.408 e. The zero-order valence-corrected chi connectivity index (χ0v) is 11.0. The maximum absolute atomic E-state index is 11.6. The Labute approximate surface area is 116 Å². The number of aryl methyl sites for hydroxylation is 1. The van der Waals surface area contributed by atoms with E-state index in [0.717, 1.165) is 11.1 Å². The molecule has 0 saturated carbocycles. The summed E-state index contributed by atoms with van der Waals surface area (Å²) in [6, 6.07) is 6.73. The predicted molar refractivity (Wildman–Crippen MR) is 68.6 cm³/mol. The Bertz CT molecular complexity index is 523. The van der Waals surface area contributed by atoms with Crippen LogP contribution in [-0.4, -0.2) is 24.1 Å². The van der Waals surface area contributed by atoms with E-state index in [4.69, 9.17) is 4.74 Å². The van der Waals surface area contributed by atoms with Crippen LogP contribution >= 0.6 is 0 Å². The topological polar surface area (TPSA) is 81.7 Å². The lowest BCUT2D eigenvalue weighted by atomic mass is 10.1. The van der Waals surface area contributed by atoms with Crippen LogP contribution in [0.3, 0.4) is 0 Å². The van der Waals surface area contributed by atoms with E-state index in [0.29, 0.717) is 0 Å². The van der Waals surface area contributed by atoms with Crippen molar-refractivity contribution in [1.82, 2.24) is 5.32 Å². The Kier molecular flexibility index (Phi) is 4.34. The molecule has 1 aromatic carbocycles. The number of carbonyl (C=O) groups excluding carboxylic acids is 3. The first kappa shape index (κ1) is 14.0. The van der Waals surface area contributed by atoms with Gasteiger partial charge in [0.2, 0.25) is 0 Å². The summed E-state index contributed by atoms with van der Waals surface area (Å²) < 4.78 is 9.43. The molecule has 1 heterocycles. The van der Waals surface area contributed by atoms with Crippen molar-refractivity contribution in [1.29, 1.82) is 0 Å². The number of carbonyl (C=O) groups is 3. The number of hydrogen-bond acceptors (Lipinski definition) is 5. The Balaban J connectivity index is 1.79. The maximum Gasteiger partial charge on any atom is 0.408 e. The molecule has 1 aromatic rings. The van der Waals surface area contributed by atoms with Gasteiger partial charge in [-0.3, -0.25) is 4.79 Å². The number of benzene rings is 1. The van der Waals surface area contributed by atoms with E-state index >= 15 is 0 Å². The molecule has 1 amide bonds. The monoisotopic (exact) mass is 277 g/mol. The molecule has 106 valence electrons. The zero-order chi connectivity index (χ0) is 14.5. The first-order chi connectivity index (χ1) is 9.54. The standard InChI is InChI=1S/C14H15NO5/c1-9-2-4-10(5-3-9)8-19-14(18)15-11-6-7-12(16)20-13(11)17/h2-5,11H,6-8H2,1H3,(H,15,18)/t11-/m0/s1. The van der Waals surface area contributed by atoms with Crippen molar-refractivity contribution in [3.8, 4) is 0 Å². The summed E-state index contributed by atoms with van der Waals surface area (Å²) in [5.74, 6) is -1.31. The van der Waals surface area contributed by atoms with Crippen LogP contribution in [0.15, 0.2) is 24.3 Å². The molecule has 1 atom stereocenters. The van der Waals surface area contributed by atoms with Gasteiger partial charge in [-0.25, -0.2) is 9.59 Å². The quantitative estimate of drug-likeness (QED) is 0.668. The van der Waals surface area contributed by atoms with E-state index in [9.17, 15) is 14.4 Å². The molecular formula is C14H15NO5. The van der Waals surface area contributed by atoms with Gasteiger partial charge >= 0.3 is 18.0 Å². The van der Waals surface area contributed by atoms with Gasteiger partial charge in [0.05, 0.1) is 0 Å². The molecule has 1 N–H and O–H groups in total. The number of cyclic esters (lactones) is 2. The number of amides is 1. The number of ether oxygens (including phenoxy) is 2. The molecule has 0 aliphatic carbocycles. The summed E-state index contributed by atoms with van der Waals surface area (Å²) in [5, 5.41) is 2.38. The first-order valence-electron chi connectivity index (χ1n) is 6.28. The molecule has 0 radical (unpaired) electrons. The van der Waals surface area contributed by atoms with Crippen molar-refractivity contribution in [2.24, 2.45) is 0 Å². The van der Waals surface area contributed by atoms with Gasteiger partial charge < -0.3 is 14.8 Å². The number of nitrogens with one attached hydrogen (secondary N) is 1. The largest absolute Gasteiger partial charge is 0.445 e.